The number of hydrogen-bond acceptors (Lipinski definition) is 4. The molecule has 0 spiro atoms. The minimum atomic E-state index is -3.88. The predicted octanol–water partition coefficient (Wildman–Crippen LogP) is 0.569. The third-order valence-electron chi connectivity index (χ3n) is 2.57. The molecule has 0 radical (unpaired) electrons. The summed E-state index contributed by atoms with van der Waals surface area (Å²) in [7, 11) is -3.88. The SMILES string of the molecule is Cc1ccc2c(c1)C=C(C(O)C(=O)O)S2(=O)=O. The molecule has 1 heterocycles. The largest absolute Gasteiger partial charge is 0.479 e. The van der Waals surface area contributed by atoms with Crippen molar-refractivity contribution in [3.8, 4) is 0 Å². The van der Waals surface area contributed by atoms with Crippen LogP contribution in [0.4, 0.5) is 0 Å². The molecular weight excluding hydrogens is 244 g/mol. The van der Waals surface area contributed by atoms with Crippen LogP contribution in [0.5, 0.6) is 0 Å². The molecule has 1 aliphatic rings. The van der Waals surface area contributed by atoms with E-state index in [0.29, 0.717) is 5.56 Å². The van der Waals surface area contributed by atoms with Crippen LogP contribution >= 0.6 is 0 Å². The number of benzene rings is 1. The average molecular weight is 254 g/mol. The lowest BCUT2D eigenvalue weighted by Gasteiger charge is -2.06. The van der Waals surface area contributed by atoms with Gasteiger partial charge in [-0.1, -0.05) is 17.7 Å². The van der Waals surface area contributed by atoms with E-state index in [9.17, 15) is 18.3 Å². The molecule has 2 rings (SSSR count). The van der Waals surface area contributed by atoms with E-state index in [1.165, 1.54) is 12.1 Å². The summed E-state index contributed by atoms with van der Waals surface area (Å²) in [5.41, 5.74) is 1.28. The normalized spacial score (nSPS) is 18.4. The number of aryl methyl sites for hydroxylation is 1. The molecule has 90 valence electrons. The highest BCUT2D eigenvalue weighted by molar-refractivity contribution is 7.96. The van der Waals surface area contributed by atoms with Crippen molar-refractivity contribution in [1.29, 1.82) is 0 Å². The summed E-state index contributed by atoms with van der Waals surface area (Å²) in [5, 5.41) is 18.0. The second-order valence-electron chi connectivity index (χ2n) is 3.83. The van der Waals surface area contributed by atoms with Gasteiger partial charge in [-0.15, -0.1) is 0 Å². The number of fused-ring (bicyclic) bond motifs is 1. The van der Waals surface area contributed by atoms with Gasteiger partial charge in [-0.3, -0.25) is 0 Å². The van der Waals surface area contributed by atoms with Gasteiger partial charge in [0.25, 0.3) is 0 Å². The molecule has 1 aromatic rings. The van der Waals surface area contributed by atoms with Crippen molar-refractivity contribution in [3.05, 3.63) is 34.2 Å². The van der Waals surface area contributed by atoms with Crippen molar-refractivity contribution in [3.63, 3.8) is 0 Å². The number of aliphatic carboxylic acids is 1. The van der Waals surface area contributed by atoms with Gasteiger partial charge in [0.1, 0.15) is 0 Å². The Balaban J connectivity index is 2.62. The van der Waals surface area contributed by atoms with Gasteiger partial charge >= 0.3 is 5.97 Å². The molecule has 0 bridgehead atoms. The van der Waals surface area contributed by atoms with Crippen molar-refractivity contribution >= 4 is 21.9 Å². The number of carboxylic acid groups (broad SMARTS) is 1. The first-order valence-electron chi connectivity index (χ1n) is 4.82. The number of hydrogen-bond donors (Lipinski definition) is 2. The van der Waals surface area contributed by atoms with Crippen LogP contribution in [0.15, 0.2) is 28.0 Å². The van der Waals surface area contributed by atoms with E-state index in [0.717, 1.165) is 5.56 Å². The lowest BCUT2D eigenvalue weighted by atomic mass is 10.1. The molecule has 1 atom stereocenters. The van der Waals surface area contributed by atoms with Gasteiger partial charge in [-0.2, -0.15) is 0 Å². The summed E-state index contributed by atoms with van der Waals surface area (Å²) in [5.74, 6) is -1.58. The molecule has 6 heteroatoms. The summed E-state index contributed by atoms with van der Waals surface area (Å²) in [6.45, 7) is 1.80. The second kappa shape index (κ2) is 3.68. The zero-order valence-electron chi connectivity index (χ0n) is 8.91. The summed E-state index contributed by atoms with van der Waals surface area (Å²) in [6, 6.07) is 4.67. The molecule has 1 aliphatic heterocycles. The van der Waals surface area contributed by atoms with Crippen molar-refractivity contribution in [2.75, 3.05) is 0 Å². The minimum Gasteiger partial charge on any atom is -0.479 e. The van der Waals surface area contributed by atoms with Gasteiger partial charge in [-0.05, 0) is 24.6 Å². The minimum absolute atomic E-state index is 0.0402. The van der Waals surface area contributed by atoms with Crippen LogP contribution in [0.2, 0.25) is 0 Å². The second-order valence-corrected chi connectivity index (χ2v) is 5.75. The zero-order valence-corrected chi connectivity index (χ0v) is 9.73. The molecule has 0 saturated carbocycles. The Morgan fingerprint density at radius 3 is 2.59 bits per heavy atom. The number of aliphatic hydroxyl groups excluding tert-OH is 1. The first kappa shape index (κ1) is 11.8. The predicted molar refractivity (Wildman–Crippen MR) is 60.0 cm³/mol. The number of carboxylic acids is 1. The van der Waals surface area contributed by atoms with Gasteiger partial charge in [0.15, 0.2) is 6.10 Å². The first-order chi connectivity index (χ1) is 7.84. The topological polar surface area (TPSA) is 91.7 Å². The van der Waals surface area contributed by atoms with Crippen LogP contribution in [0, 0.1) is 6.92 Å². The Kier molecular flexibility index (Phi) is 2.56. The summed E-state index contributed by atoms with van der Waals surface area (Å²) in [6.07, 6.45) is -0.816. The molecule has 2 N–H and O–H groups in total. The van der Waals surface area contributed by atoms with Crippen LogP contribution in [-0.2, 0) is 14.6 Å². The maximum atomic E-state index is 11.9. The summed E-state index contributed by atoms with van der Waals surface area (Å²) in [4.78, 5) is 10.2. The number of rotatable bonds is 2. The van der Waals surface area contributed by atoms with E-state index in [-0.39, 0.29) is 4.90 Å². The summed E-state index contributed by atoms with van der Waals surface area (Å²) < 4.78 is 23.9. The number of aliphatic hydroxyl groups is 1. The molecule has 1 unspecified atom stereocenters. The molecule has 1 aromatic carbocycles. The average Bonchev–Trinajstić information content (AvgIpc) is 2.48. The van der Waals surface area contributed by atoms with Gasteiger partial charge < -0.3 is 10.2 Å². The molecule has 5 nitrogen and oxygen atoms in total. The Bertz CT molecular complexity index is 627. The molecule has 0 aliphatic carbocycles. The molecular formula is C11H10O5S. The lowest BCUT2D eigenvalue weighted by Crippen LogP contribution is -2.25. The van der Waals surface area contributed by atoms with Crippen LogP contribution in [0.25, 0.3) is 6.08 Å². The fraction of sp³-hybridized carbons (Fsp3) is 0.182. The van der Waals surface area contributed by atoms with Crippen LogP contribution in [0.3, 0.4) is 0 Å². The van der Waals surface area contributed by atoms with E-state index < -0.39 is 26.8 Å². The van der Waals surface area contributed by atoms with Crippen molar-refractivity contribution in [1.82, 2.24) is 0 Å². The van der Waals surface area contributed by atoms with Crippen LogP contribution in [-0.4, -0.2) is 30.7 Å². The van der Waals surface area contributed by atoms with Gasteiger partial charge in [0.2, 0.25) is 9.84 Å². The van der Waals surface area contributed by atoms with E-state index in [1.807, 2.05) is 0 Å². The van der Waals surface area contributed by atoms with Gasteiger partial charge in [-0.25, -0.2) is 13.2 Å². The standard InChI is InChI=1S/C11H10O5S/c1-6-2-3-8-7(4-6)5-9(17(8,15)16)10(12)11(13)14/h2-5,10,12H,1H3,(H,13,14). The quantitative estimate of drug-likeness (QED) is 0.805. The Morgan fingerprint density at radius 2 is 2.00 bits per heavy atom. The highest BCUT2D eigenvalue weighted by atomic mass is 32.2. The number of sulfone groups is 1. The zero-order chi connectivity index (χ0) is 12.8. The molecule has 17 heavy (non-hydrogen) atoms. The molecule has 0 saturated heterocycles. The monoisotopic (exact) mass is 254 g/mol. The lowest BCUT2D eigenvalue weighted by molar-refractivity contribution is -0.144. The summed E-state index contributed by atoms with van der Waals surface area (Å²) >= 11 is 0. The Morgan fingerprint density at radius 1 is 1.35 bits per heavy atom. The highest BCUT2D eigenvalue weighted by Crippen LogP contribution is 2.34. The third kappa shape index (κ3) is 1.75. The third-order valence-corrected chi connectivity index (χ3v) is 4.48. The Hall–Kier alpha value is -1.66. The van der Waals surface area contributed by atoms with Crippen molar-refractivity contribution < 1.29 is 23.4 Å². The van der Waals surface area contributed by atoms with E-state index >= 15 is 0 Å². The van der Waals surface area contributed by atoms with Gasteiger partial charge in [0, 0.05) is 0 Å². The molecule has 0 fully saturated rings. The Labute approximate surface area is 97.9 Å². The van der Waals surface area contributed by atoms with E-state index in [4.69, 9.17) is 5.11 Å². The molecule has 0 aromatic heterocycles. The van der Waals surface area contributed by atoms with Gasteiger partial charge in [0.05, 0.1) is 9.80 Å². The maximum Gasteiger partial charge on any atom is 0.337 e. The maximum absolute atomic E-state index is 11.9. The van der Waals surface area contributed by atoms with E-state index in [2.05, 4.69) is 0 Å². The smallest absolute Gasteiger partial charge is 0.337 e. The van der Waals surface area contributed by atoms with Crippen molar-refractivity contribution in [2.24, 2.45) is 0 Å². The fourth-order valence-corrected chi connectivity index (χ4v) is 3.34. The van der Waals surface area contributed by atoms with Crippen LogP contribution < -0.4 is 0 Å². The molecule has 0 amide bonds. The van der Waals surface area contributed by atoms with Crippen LogP contribution in [0.1, 0.15) is 11.1 Å². The number of carbonyl (C=O) groups is 1. The van der Waals surface area contributed by atoms with Crippen molar-refractivity contribution in [2.45, 2.75) is 17.9 Å². The fourth-order valence-electron chi connectivity index (χ4n) is 1.73. The highest BCUT2D eigenvalue weighted by Gasteiger charge is 2.36. The first-order valence-corrected chi connectivity index (χ1v) is 6.30. The van der Waals surface area contributed by atoms with E-state index in [1.54, 1.807) is 19.1 Å².